The smallest absolute Gasteiger partial charge is 0.226 e. The van der Waals surface area contributed by atoms with Crippen LogP contribution in [-0.4, -0.2) is 35.8 Å². The summed E-state index contributed by atoms with van der Waals surface area (Å²) in [6, 6.07) is 2.18. The second-order valence-corrected chi connectivity index (χ2v) is 4.58. The number of anilines is 1. The maximum absolute atomic E-state index is 5.49. The van der Waals surface area contributed by atoms with E-state index >= 15 is 0 Å². The summed E-state index contributed by atoms with van der Waals surface area (Å²) in [5.41, 5.74) is 0. The first-order valence-electron chi connectivity index (χ1n) is 6.57. The number of nitrogens with one attached hydrogen (secondary N) is 1. The first-order chi connectivity index (χ1) is 8.81. The van der Waals surface area contributed by atoms with Crippen LogP contribution in [0.2, 0.25) is 0 Å². The van der Waals surface area contributed by atoms with Gasteiger partial charge in [-0.05, 0) is 25.7 Å². The Kier molecular flexibility index (Phi) is 4.75. The van der Waals surface area contributed by atoms with E-state index in [1.54, 1.807) is 19.4 Å². The average Bonchev–Trinajstić information content (AvgIpc) is 2.84. The molecule has 1 fully saturated rings. The van der Waals surface area contributed by atoms with Gasteiger partial charge in [0.2, 0.25) is 11.8 Å². The third-order valence-corrected chi connectivity index (χ3v) is 3.14. The van der Waals surface area contributed by atoms with Crippen LogP contribution in [0.15, 0.2) is 12.3 Å². The second-order valence-electron chi connectivity index (χ2n) is 4.58. The summed E-state index contributed by atoms with van der Waals surface area (Å²) in [5.74, 6) is 1.28. The molecule has 5 nitrogen and oxygen atoms in total. The molecule has 0 amide bonds. The number of hydrogen-bond acceptors (Lipinski definition) is 5. The number of aromatic nitrogens is 2. The molecule has 1 aromatic rings. The number of ether oxygens (including phenoxy) is 2. The quantitative estimate of drug-likeness (QED) is 0.840. The highest BCUT2D eigenvalue weighted by Gasteiger charge is 2.24. The molecule has 0 aromatic carbocycles. The SMILES string of the molecule is CCCOc1ccnc(NC2CCC(OC)C2)n1. The van der Waals surface area contributed by atoms with Gasteiger partial charge >= 0.3 is 0 Å². The van der Waals surface area contributed by atoms with Gasteiger partial charge in [-0.2, -0.15) is 4.98 Å². The molecule has 0 bridgehead atoms. The molecule has 1 N–H and O–H groups in total. The van der Waals surface area contributed by atoms with Gasteiger partial charge in [0.05, 0.1) is 12.7 Å². The van der Waals surface area contributed by atoms with Crippen molar-refractivity contribution in [2.75, 3.05) is 19.0 Å². The molecule has 1 saturated carbocycles. The summed E-state index contributed by atoms with van der Waals surface area (Å²) in [6.45, 7) is 2.76. The Morgan fingerprint density at radius 3 is 3.06 bits per heavy atom. The summed E-state index contributed by atoms with van der Waals surface area (Å²) >= 11 is 0. The predicted octanol–water partition coefficient (Wildman–Crippen LogP) is 2.24. The third-order valence-electron chi connectivity index (χ3n) is 3.14. The Hall–Kier alpha value is -1.36. The van der Waals surface area contributed by atoms with E-state index in [0.29, 0.717) is 30.6 Å². The van der Waals surface area contributed by atoms with Crippen molar-refractivity contribution in [2.45, 2.75) is 44.8 Å². The highest BCUT2D eigenvalue weighted by atomic mass is 16.5. The highest BCUT2D eigenvalue weighted by molar-refractivity contribution is 5.29. The predicted molar refractivity (Wildman–Crippen MR) is 69.9 cm³/mol. The molecule has 100 valence electrons. The van der Waals surface area contributed by atoms with E-state index in [4.69, 9.17) is 9.47 Å². The van der Waals surface area contributed by atoms with Crippen LogP contribution in [0.4, 0.5) is 5.95 Å². The van der Waals surface area contributed by atoms with E-state index in [-0.39, 0.29) is 0 Å². The molecule has 1 aliphatic rings. The molecule has 2 unspecified atom stereocenters. The average molecular weight is 251 g/mol. The minimum atomic E-state index is 0.363. The number of hydrogen-bond donors (Lipinski definition) is 1. The van der Waals surface area contributed by atoms with E-state index in [2.05, 4.69) is 22.2 Å². The molecule has 0 radical (unpaired) electrons. The normalized spacial score (nSPS) is 23.0. The summed E-state index contributed by atoms with van der Waals surface area (Å²) in [7, 11) is 1.77. The van der Waals surface area contributed by atoms with Crippen LogP contribution in [0, 0.1) is 0 Å². The van der Waals surface area contributed by atoms with Gasteiger partial charge in [0, 0.05) is 25.4 Å². The van der Waals surface area contributed by atoms with Crippen LogP contribution in [0.5, 0.6) is 5.88 Å². The van der Waals surface area contributed by atoms with Crippen LogP contribution in [0.1, 0.15) is 32.6 Å². The van der Waals surface area contributed by atoms with Gasteiger partial charge < -0.3 is 14.8 Å². The van der Waals surface area contributed by atoms with Crippen LogP contribution in [0.25, 0.3) is 0 Å². The molecular formula is C13H21N3O2. The van der Waals surface area contributed by atoms with Crippen molar-refractivity contribution in [2.24, 2.45) is 0 Å². The van der Waals surface area contributed by atoms with Gasteiger partial charge in [0.25, 0.3) is 0 Å². The van der Waals surface area contributed by atoms with Gasteiger partial charge in [-0.25, -0.2) is 4.98 Å². The molecule has 1 heterocycles. The fourth-order valence-electron chi connectivity index (χ4n) is 2.17. The summed E-state index contributed by atoms with van der Waals surface area (Å²) in [4.78, 5) is 8.56. The molecule has 2 rings (SSSR count). The molecule has 0 aliphatic heterocycles. The van der Waals surface area contributed by atoms with E-state index in [0.717, 1.165) is 25.7 Å². The lowest BCUT2D eigenvalue weighted by molar-refractivity contribution is 0.108. The molecule has 18 heavy (non-hydrogen) atoms. The maximum atomic E-state index is 5.49. The Bertz CT molecular complexity index is 373. The van der Waals surface area contributed by atoms with Crippen molar-refractivity contribution in [3.05, 3.63) is 12.3 Å². The van der Waals surface area contributed by atoms with Crippen LogP contribution < -0.4 is 10.1 Å². The number of nitrogens with zero attached hydrogens (tertiary/aromatic N) is 2. The van der Waals surface area contributed by atoms with Crippen LogP contribution in [0.3, 0.4) is 0 Å². The van der Waals surface area contributed by atoms with Crippen molar-refractivity contribution >= 4 is 5.95 Å². The fourth-order valence-corrected chi connectivity index (χ4v) is 2.17. The van der Waals surface area contributed by atoms with E-state index in [1.165, 1.54) is 0 Å². The third kappa shape index (κ3) is 3.57. The highest BCUT2D eigenvalue weighted by Crippen LogP contribution is 2.24. The minimum Gasteiger partial charge on any atom is -0.478 e. The van der Waals surface area contributed by atoms with Gasteiger partial charge in [0.1, 0.15) is 0 Å². The van der Waals surface area contributed by atoms with Gasteiger partial charge in [-0.1, -0.05) is 6.92 Å². The molecule has 1 aliphatic carbocycles. The van der Waals surface area contributed by atoms with Crippen molar-refractivity contribution in [3.8, 4) is 5.88 Å². The van der Waals surface area contributed by atoms with E-state index < -0.39 is 0 Å². The van der Waals surface area contributed by atoms with Gasteiger partial charge in [0.15, 0.2) is 0 Å². The second kappa shape index (κ2) is 6.54. The number of methoxy groups -OCH3 is 1. The monoisotopic (exact) mass is 251 g/mol. The first kappa shape index (κ1) is 13.1. The topological polar surface area (TPSA) is 56.3 Å². The molecule has 1 aromatic heterocycles. The zero-order valence-corrected chi connectivity index (χ0v) is 11.1. The van der Waals surface area contributed by atoms with Gasteiger partial charge in [-0.15, -0.1) is 0 Å². The van der Waals surface area contributed by atoms with Crippen molar-refractivity contribution in [1.82, 2.24) is 9.97 Å². The summed E-state index contributed by atoms with van der Waals surface area (Å²) in [5, 5.41) is 3.34. The van der Waals surface area contributed by atoms with E-state index in [9.17, 15) is 0 Å². The van der Waals surface area contributed by atoms with Crippen LogP contribution >= 0.6 is 0 Å². The lowest BCUT2D eigenvalue weighted by Gasteiger charge is -2.13. The van der Waals surface area contributed by atoms with Gasteiger partial charge in [-0.3, -0.25) is 0 Å². The Morgan fingerprint density at radius 1 is 1.44 bits per heavy atom. The maximum Gasteiger partial charge on any atom is 0.226 e. The standard InChI is InChI=1S/C13H21N3O2/c1-3-8-18-12-6-7-14-13(16-12)15-10-4-5-11(9-10)17-2/h6-7,10-11H,3-5,8-9H2,1-2H3,(H,14,15,16). The Balaban J connectivity index is 1.89. The molecule has 0 saturated heterocycles. The lowest BCUT2D eigenvalue weighted by atomic mass is 10.2. The fraction of sp³-hybridized carbons (Fsp3) is 0.692. The lowest BCUT2D eigenvalue weighted by Crippen LogP contribution is -2.19. The summed E-state index contributed by atoms with van der Waals surface area (Å²) < 4.78 is 10.8. The number of rotatable bonds is 6. The largest absolute Gasteiger partial charge is 0.478 e. The molecular weight excluding hydrogens is 230 g/mol. The zero-order chi connectivity index (χ0) is 12.8. The molecule has 2 atom stereocenters. The van der Waals surface area contributed by atoms with Crippen molar-refractivity contribution in [3.63, 3.8) is 0 Å². The van der Waals surface area contributed by atoms with E-state index in [1.807, 2.05) is 0 Å². The van der Waals surface area contributed by atoms with Crippen molar-refractivity contribution < 1.29 is 9.47 Å². The first-order valence-corrected chi connectivity index (χ1v) is 6.57. The minimum absolute atomic E-state index is 0.363. The molecule has 0 spiro atoms. The zero-order valence-electron chi connectivity index (χ0n) is 11.1. The van der Waals surface area contributed by atoms with Crippen LogP contribution in [-0.2, 0) is 4.74 Å². The Labute approximate surface area is 108 Å². The summed E-state index contributed by atoms with van der Waals surface area (Å²) in [6.07, 6.45) is 6.28. The van der Waals surface area contributed by atoms with Crippen molar-refractivity contribution in [1.29, 1.82) is 0 Å². The molecule has 5 heteroatoms. The Morgan fingerprint density at radius 2 is 2.33 bits per heavy atom.